The number of nitrogens with one attached hydrogen (secondary N) is 2. The van der Waals surface area contributed by atoms with Gasteiger partial charge in [0.15, 0.2) is 11.4 Å². The first-order valence-electron chi connectivity index (χ1n) is 16.2. The summed E-state index contributed by atoms with van der Waals surface area (Å²) in [4.78, 5) is 37.0. The highest BCUT2D eigenvalue weighted by atomic mass is 33.1. The van der Waals surface area contributed by atoms with Gasteiger partial charge in [0.05, 0.1) is 0 Å². The molecule has 248 valence electrons. The molecule has 1 aromatic carbocycles. The molecule has 2 N–H and O–H groups in total. The smallest absolute Gasteiger partial charge is 0.286 e. The zero-order valence-electron chi connectivity index (χ0n) is 27.3. The van der Waals surface area contributed by atoms with E-state index in [1.54, 1.807) is 28.5 Å². The van der Waals surface area contributed by atoms with Crippen LogP contribution in [0.15, 0.2) is 115 Å². The first-order valence-corrected chi connectivity index (χ1v) is 18.7. The lowest BCUT2D eigenvalue weighted by atomic mass is 9.92. The lowest BCUT2D eigenvalue weighted by molar-refractivity contribution is -0.132. The maximum absolute atomic E-state index is 12.5. The van der Waals surface area contributed by atoms with E-state index in [2.05, 4.69) is 90.5 Å². The standard InChI is InChI=1S/C38H50N2O4S2/c1-3-4-5-6-7-8-9-10-11-12-13-14-15-16-17-18-19-20-24-27-36(42)39-28-30-45-46-31-29-40-37(43)34-32-35(41)38(2,44-34)33-25-22-21-23-26-33/h4-5,7-8,10-11,13-14,16-17,19-23,25-26,32H,3,6,9,12,15,18,24,27-31H2,1-2H3,(H,39,42)(H,40,43)/b5-4-,8-7-,11-10-,14-13-,17-16-,20-19-. The largest absolute Gasteiger partial charge is 0.469 e. The van der Waals surface area contributed by atoms with Crippen LogP contribution < -0.4 is 10.6 Å². The van der Waals surface area contributed by atoms with Crippen molar-refractivity contribution < 1.29 is 19.1 Å². The number of carbonyl (C=O) groups is 3. The van der Waals surface area contributed by atoms with Gasteiger partial charge in [-0.3, -0.25) is 14.4 Å². The summed E-state index contributed by atoms with van der Waals surface area (Å²) in [7, 11) is 3.27. The Hall–Kier alpha value is -3.49. The van der Waals surface area contributed by atoms with Gasteiger partial charge in [0.25, 0.3) is 5.91 Å². The molecule has 1 aromatic rings. The zero-order valence-corrected chi connectivity index (χ0v) is 29.0. The van der Waals surface area contributed by atoms with Crippen LogP contribution in [0, 0.1) is 0 Å². The van der Waals surface area contributed by atoms with E-state index >= 15 is 0 Å². The Labute approximate surface area is 284 Å². The summed E-state index contributed by atoms with van der Waals surface area (Å²) in [6.07, 6.45) is 34.4. The van der Waals surface area contributed by atoms with Crippen LogP contribution in [0.25, 0.3) is 0 Å². The highest BCUT2D eigenvalue weighted by Gasteiger charge is 2.43. The first kappa shape index (κ1) is 38.7. The summed E-state index contributed by atoms with van der Waals surface area (Å²) >= 11 is 0. The lowest BCUT2D eigenvalue weighted by Crippen LogP contribution is -2.32. The normalized spacial score (nSPS) is 16.9. The summed E-state index contributed by atoms with van der Waals surface area (Å²) in [5.74, 6) is 0.943. The van der Waals surface area contributed by atoms with Gasteiger partial charge in [-0.1, -0.05) is 132 Å². The molecule has 0 saturated carbocycles. The molecule has 1 unspecified atom stereocenters. The van der Waals surface area contributed by atoms with E-state index in [9.17, 15) is 14.4 Å². The number of carbonyl (C=O) groups excluding carboxylic acids is 3. The summed E-state index contributed by atoms with van der Waals surface area (Å²) < 4.78 is 5.77. The fraction of sp³-hybridized carbons (Fsp3) is 0.395. The molecule has 0 aliphatic carbocycles. The molecule has 0 saturated heterocycles. The van der Waals surface area contributed by atoms with Crippen molar-refractivity contribution in [3.8, 4) is 0 Å². The predicted molar refractivity (Wildman–Crippen MR) is 196 cm³/mol. The number of ether oxygens (including phenoxy) is 1. The second-order valence-corrected chi connectivity index (χ2v) is 13.3. The van der Waals surface area contributed by atoms with Gasteiger partial charge in [-0.05, 0) is 51.9 Å². The summed E-state index contributed by atoms with van der Waals surface area (Å²) in [6.45, 7) is 4.88. The van der Waals surface area contributed by atoms with Gasteiger partial charge in [-0.15, -0.1) is 0 Å². The second kappa shape index (κ2) is 24.7. The van der Waals surface area contributed by atoms with E-state index < -0.39 is 11.5 Å². The van der Waals surface area contributed by atoms with Gasteiger partial charge in [0.2, 0.25) is 11.7 Å². The van der Waals surface area contributed by atoms with Crippen molar-refractivity contribution in [1.82, 2.24) is 10.6 Å². The Morgan fingerprint density at radius 1 is 0.739 bits per heavy atom. The molecule has 1 atom stereocenters. The van der Waals surface area contributed by atoms with Crippen molar-refractivity contribution in [2.24, 2.45) is 0 Å². The minimum absolute atomic E-state index is 0.0423. The van der Waals surface area contributed by atoms with Crippen molar-refractivity contribution in [3.63, 3.8) is 0 Å². The topological polar surface area (TPSA) is 84.5 Å². The van der Waals surface area contributed by atoms with E-state index in [4.69, 9.17) is 4.74 Å². The van der Waals surface area contributed by atoms with Crippen molar-refractivity contribution in [1.29, 1.82) is 0 Å². The quantitative estimate of drug-likeness (QED) is 0.0695. The Morgan fingerprint density at radius 2 is 1.24 bits per heavy atom. The Kier molecular flexibility index (Phi) is 20.8. The molecule has 8 heteroatoms. The number of amides is 2. The van der Waals surface area contributed by atoms with Crippen LogP contribution >= 0.6 is 21.6 Å². The molecule has 2 rings (SSSR count). The van der Waals surface area contributed by atoms with E-state index in [-0.39, 0.29) is 17.4 Å². The van der Waals surface area contributed by atoms with Gasteiger partial charge in [-0.2, -0.15) is 0 Å². The second-order valence-electron chi connectivity index (χ2n) is 10.6. The minimum Gasteiger partial charge on any atom is -0.469 e. The molecule has 46 heavy (non-hydrogen) atoms. The fourth-order valence-corrected chi connectivity index (χ4v) is 6.03. The zero-order chi connectivity index (χ0) is 33.1. The predicted octanol–water partition coefficient (Wildman–Crippen LogP) is 8.48. The van der Waals surface area contributed by atoms with Crippen LogP contribution in [-0.4, -0.2) is 42.2 Å². The Bertz CT molecular complexity index is 1260. The molecule has 0 fully saturated rings. The number of benzene rings is 1. The van der Waals surface area contributed by atoms with Gasteiger partial charge < -0.3 is 15.4 Å². The van der Waals surface area contributed by atoms with Crippen LogP contribution in [0.1, 0.15) is 70.8 Å². The molecule has 1 heterocycles. The van der Waals surface area contributed by atoms with Gasteiger partial charge in [0, 0.05) is 42.7 Å². The maximum Gasteiger partial charge on any atom is 0.286 e. The van der Waals surface area contributed by atoms with Crippen LogP contribution in [0.3, 0.4) is 0 Å². The Balaban J connectivity index is 1.40. The molecular weight excluding hydrogens is 613 g/mol. The highest BCUT2D eigenvalue weighted by Crippen LogP contribution is 2.34. The molecule has 6 nitrogen and oxygen atoms in total. The van der Waals surface area contributed by atoms with Gasteiger partial charge >= 0.3 is 0 Å². The van der Waals surface area contributed by atoms with E-state index in [1.807, 2.05) is 30.3 Å². The number of ketones is 1. The summed E-state index contributed by atoms with van der Waals surface area (Å²) in [6, 6.07) is 9.17. The third-order valence-corrected chi connectivity index (χ3v) is 9.20. The van der Waals surface area contributed by atoms with Gasteiger partial charge in [0.1, 0.15) is 0 Å². The average molecular weight is 663 g/mol. The van der Waals surface area contributed by atoms with Crippen molar-refractivity contribution >= 4 is 39.2 Å². The number of rotatable bonds is 23. The number of allylic oxidation sites excluding steroid dienone is 12. The summed E-state index contributed by atoms with van der Waals surface area (Å²) in [5.41, 5.74) is -0.456. The third-order valence-electron chi connectivity index (χ3n) is 6.79. The fourth-order valence-electron chi connectivity index (χ4n) is 4.21. The van der Waals surface area contributed by atoms with Crippen molar-refractivity contribution in [2.45, 2.75) is 70.8 Å². The van der Waals surface area contributed by atoms with Crippen molar-refractivity contribution in [3.05, 3.63) is 121 Å². The monoisotopic (exact) mass is 662 g/mol. The number of hydrogen-bond donors (Lipinski definition) is 2. The molecule has 0 spiro atoms. The van der Waals surface area contributed by atoms with Crippen LogP contribution in [-0.2, 0) is 24.7 Å². The third kappa shape index (κ3) is 16.7. The first-order chi connectivity index (χ1) is 22.5. The Morgan fingerprint density at radius 3 is 1.78 bits per heavy atom. The van der Waals surface area contributed by atoms with E-state index in [0.29, 0.717) is 30.8 Å². The lowest BCUT2D eigenvalue weighted by Gasteiger charge is -2.23. The minimum atomic E-state index is -1.17. The SMILES string of the molecule is CC/C=C\C/C=C\C/C=C\C/C=C\C/C=C\C/C=C\CCC(=O)NCCSSCCNC(=O)C1=CC(=O)C(C)(c2ccccc2)O1. The highest BCUT2D eigenvalue weighted by molar-refractivity contribution is 8.76. The molecule has 0 radical (unpaired) electrons. The number of hydrogen-bond acceptors (Lipinski definition) is 6. The molecule has 0 bridgehead atoms. The van der Waals surface area contributed by atoms with Crippen molar-refractivity contribution in [2.75, 3.05) is 24.6 Å². The molecule has 2 amide bonds. The maximum atomic E-state index is 12.5. The van der Waals surface area contributed by atoms with Crippen LogP contribution in [0.4, 0.5) is 0 Å². The van der Waals surface area contributed by atoms with E-state index in [1.165, 1.54) is 6.08 Å². The molecular formula is C38H50N2O4S2. The van der Waals surface area contributed by atoms with Gasteiger partial charge in [-0.25, -0.2) is 0 Å². The van der Waals surface area contributed by atoms with E-state index in [0.717, 1.165) is 50.7 Å². The molecule has 0 aromatic heterocycles. The summed E-state index contributed by atoms with van der Waals surface area (Å²) in [5, 5.41) is 5.75. The molecule has 1 aliphatic heterocycles. The molecule has 1 aliphatic rings. The van der Waals surface area contributed by atoms with Crippen LogP contribution in [0.5, 0.6) is 0 Å². The average Bonchev–Trinajstić information content (AvgIpc) is 3.38. The van der Waals surface area contributed by atoms with Crippen LogP contribution in [0.2, 0.25) is 0 Å².